The van der Waals surface area contributed by atoms with Gasteiger partial charge in [-0.25, -0.2) is 0 Å². The first-order valence-corrected chi connectivity index (χ1v) is 11.5. The van der Waals surface area contributed by atoms with Gasteiger partial charge in [-0.15, -0.1) is 18.3 Å². The van der Waals surface area contributed by atoms with E-state index in [1.165, 1.54) is 13.8 Å². The smallest absolute Gasteiger partial charge is 0.852 e. The van der Waals surface area contributed by atoms with Crippen LogP contribution in [0.2, 0.25) is 0 Å². The summed E-state index contributed by atoms with van der Waals surface area (Å²) in [5.41, 5.74) is 0. The third-order valence-corrected chi connectivity index (χ3v) is 3.15. The summed E-state index contributed by atoms with van der Waals surface area (Å²) in [6.07, 6.45) is 3.22. The fourth-order valence-electron chi connectivity index (χ4n) is 0.831. The van der Waals surface area contributed by atoms with Crippen LogP contribution in [-0.4, -0.2) is 59.6 Å². The van der Waals surface area contributed by atoms with Crippen LogP contribution < -0.4 is 15.3 Å². The number of hydrogen-bond acceptors (Lipinski definition) is 9. The molecule has 0 aliphatic rings. The van der Waals surface area contributed by atoms with Gasteiger partial charge in [-0.2, -0.15) is 0 Å². The predicted molar refractivity (Wildman–Crippen MR) is 128 cm³/mol. The van der Waals surface area contributed by atoms with Crippen LogP contribution in [0.1, 0.15) is 114 Å². The number of ether oxygens (including phenoxy) is 2. The van der Waals surface area contributed by atoms with Crippen LogP contribution >= 0.6 is 0 Å². The molecule has 34 heavy (non-hydrogen) atoms. The molecule has 0 aromatic carbocycles. The molecule has 0 amide bonds. The van der Waals surface area contributed by atoms with Crippen molar-refractivity contribution in [2.75, 3.05) is 0 Å². The van der Waals surface area contributed by atoms with E-state index in [0.29, 0.717) is 25.7 Å². The molecule has 3 unspecified atom stereocenters. The maximum atomic E-state index is 10.4. The average molecular weight is 507 g/mol. The monoisotopic (exact) mass is 506 g/mol. The molecule has 0 fully saturated rings. The third-order valence-electron chi connectivity index (χ3n) is 3.15. The number of rotatable bonds is 7. The molecular weight excluding hydrogens is 459 g/mol. The minimum atomic E-state index is -0.534. The summed E-state index contributed by atoms with van der Waals surface area (Å²) in [6, 6.07) is 0. The van der Waals surface area contributed by atoms with Crippen LogP contribution in [0.5, 0.6) is 0 Å². The van der Waals surface area contributed by atoms with E-state index in [4.69, 9.17) is 0 Å². The molecule has 0 rings (SSSR count). The van der Waals surface area contributed by atoms with Crippen molar-refractivity contribution in [3.63, 3.8) is 0 Å². The molecule has 0 saturated heterocycles. The first kappa shape index (κ1) is 46.1. The van der Waals surface area contributed by atoms with Crippen molar-refractivity contribution in [1.82, 2.24) is 0 Å². The van der Waals surface area contributed by atoms with Crippen LogP contribution in [0.3, 0.4) is 0 Å². The molecule has 0 aromatic heterocycles. The topological polar surface area (TPSA) is 156 Å². The summed E-state index contributed by atoms with van der Waals surface area (Å²) < 4.78 is 8.43. The standard InChI is InChI=1S/2C6H10O3.3C4H9O.Al/c2*1-3-4-6(8)9-5(2)7;3*1-3-4(2)5;/h2*3-4H2,1-2H3;3*4H,3H2,1-2H3;/q;;3*-1;+3. The van der Waals surface area contributed by atoms with Crippen molar-refractivity contribution in [3.8, 4) is 0 Å². The molecule has 0 aliphatic heterocycles. The molecule has 9 nitrogen and oxygen atoms in total. The van der Waals surface area contributed by atoms with Crippen molar-refractivity contribution >= 4 is 41.2 Å². The van der Waals surface area contributed by atoms with Crippen LogP contribution in [0.15, 0.2) is 0 Å². The van der Waals surface area contributed by atoms with Gasteiger partial charge in [0.15, 0.2) is 0 Å². The summed E-state index contributed by atoms with van der Waals surface area (Å²) in [7, 11) is 0. The van der Waals surface area contributed by atoms with Gasteiger partial charge in [-0.3, -0.25) is 19.2 Å². The van der Waals surface area contributed by atoms with Crippen molar-refractivity contribution in [2.45, 2.75) is 132 Å². The summed E-state index contributed by atoms with van der Waals surface area (Å²) in [4.78, 5) is 41.0. The summed E-state index contributed by atoms with van der Waals surface area (Å²) in [5.74, 6) is -1.95. The SMILES string of the molecule is CCC(C)[O-].CCC(C)[O-].CCC(C)[O-].CCCC(=O)OC(C)=O.CCCC(=O)OC(C)=O.[Al+3]. The Morgan fingerprint density at radius 2 is 0.765 bits per heavy atom. The number of hydrogen-bond donors (Lipinski definition) is 0. The minimum absolute atomic E-state index is 0. The van der Waals surface area contributed by atoms with E-state index in [2.05, 4.69) is 9.47 Å². The van der Waals surface area contributed by atoms with Gasteiger partial charge in [-0.1, -0.05) is 74.7 Å². The van der Waals surface area contributed by atoms with E-state index in [1.807, 2.05) is 34.6 Å². The quantitative estimate of drug-likeness (QED) is 0.285. The third kappa shape index (κ3) is 77.4. The van der Waals surface area contributed by atoms with E-state index in [9.17, 15) is 34.5 Å². The molecule has 0 saturated carbocycles. The Labute approximate surface area is 217 Å². The molecule has 0 radical (unpaired) electrons. The van der Waals surface area contributed by atoms with Crippen molar-refractivity contribution < 1.29 is 44.0 Å². The maximum Gasteiger partial charge on any atom is 3.00 e. The van der Waals surface area contributed by atoms with Crippen LogP contribution in [-0.2, 0) is 28.7 Å². The van der Waals surface area contributed by atoms with Gasteiger partial charge >= 0.3 is 41.2 Å². The number of carbonyl (C=O) groups excluding carboxylic acids is 4. The zero-order valence-electron chi connectivity index (χ0n) is 22.9. The van der Waals surface area contributed by atoms with Gasteiger partial charge in [0.1, 0.15) is 0 Å². The molecule has 0 heterocycles. The first-order chi connectivity index (χ1) is 15.1. The molecule has 0 spiro atoms. The van der Waals surface area contributed by atoms with E-state index >= 15 is 0 Å². The normalized spacial score (nSPS) is 11.2. The summed E-state index contributed by atoms with van der Waals surface area (Å²) >= 11 is 0. The Bertz CT molecular complexity index is 416. The van der Waals surface area contributed by atoms with Crippen molar-refractivity contribution in [1.29, 1.82) is 0 Å². The second-order valence-electron chi connectivity index (χ2n) is 7.09. The summed E-state index contributed by atoms with van der Waals surface area (Å²) in [5, 5.41) is 29.7. The van der Waals surface area contributed by atoms with Crippen LogP contribution in [0.4, 0.5) is 0 Å². The number of esters is 4. The maximum absolute atomic E-state index is 10.4. The Morgan fingerprint density at radius 3 is 0.853 bits per heavy atom. The van der Waals surface area contributed by atoms with Crippen molar-refractivity contribution in [3.05, 3.63) is 0 Å². The molecule has 0 aliphatic carbocycles. The van der Waals surface area contributed by atoms with Crippen LogP contribution in [0.25, 0.3) is 0 Å². The molecule has 0 aromatic rings. The van der Waals surface area contributed by atoms with Gasteiger partial charge in [0.05, 0.1) is 0 Å². The fraction of sp³-hybridized carbons (Fsp3) is 0.833. The van der Waals surface area contributed by atoms with Gasteiger partial charge in [0, 0.05) is 26.7 Å². The van der Waals surface area contributed by atoms with E-state index < -0.39 is 23.9 Å². The van der Waals surface area contributed by atoms with E-state index in [1.54, 1.807) is 20.8 Å². The number of carbonyl (C=O) groups is 4. The van der Waals surface area contributed by atoms with Gasteiger partial charge in [0.2, 0.25) is 0 Å². The zero-order valence-corrected chi connectivity index (χ0v) is 24.1. The van der Waals surface area contributed by atoms with Gasteiger partial charge in [0.25, 0.3) is 0 Å². The molecule has 200 valence electrons. The zero-order chi connectivity index (χ0) is 27.4. The Morgan fingerprint density at radius 1 is 0.588 bits per heavy atom. The van der Waals surface area contributed by atoms with Crippen LogP contribution in [0, 0.1) is 0 Å². The fourth-order valence-corrected chi connectivity index (χ4v) is 0.831. The Kier molecular flexibility index (Phi) is 49.2. The molecule has 0 bridgehead atoms. The molecular formula is C24H47AlO9. The second-order valence-corrected chi connectivity index (χ2v) is 7.09. The second kappa shape index (κ2) is 36.3. The molecule has 10 heteroatoms. The average Bonchev–Trinajstić information content (AvgIpc) is 2.69. The predicted octanol–water partition coefficient (Wildman–Crippen LogP) is 1.81. The van der Waals surface area contributed by atoms with Gasteiger partial charge < -0.3 is 24.8 Å². The molecule has 0 N–H and O–H groups in total. The Hall–Kier alpha value is -1.31. The summed E-state index contributed by atoms with van der Waals surface area (Å²) in [6.45, 7) is 16.8. The minimum Gasteiger partial charge on any atom is -0.852 e. The molecule has 3 atom stereocenters. The first-order valence-electron chi connectivity index (χ1n) is 11.5. The largest absolute Gasteiger partial charge is 3.00 e. The Balaban J connectivity index is -0.0000000738. The van der Waals surface area contributed by atoms with Crippen molar-refractivity contribution in [2.24, 2.45) is 0 Å². The van der Waals surface area contributed by atoms with E-state index in [0.717, 1.165) is 19.3 Å². The van der Waals surface area contributed by atoms with E-state index in [-0.39, 0.29) is 35.7 Å². The van der Waals surface area contributed by atoms with Gasteiger partial charge in [-0.05, 0) is 12.8 Å².